The van der Waals surface area contributed by atoms with Gasteiger partial charge in [0.2, 0.25) is 0 Å². The zero-order chi connectivity index (χ0) is 10.8. The molecular weight excluding hydrogens is 190 g/mol. The van der Waals surface area contributed by atoms with Gasteiger partial charge in [-0.15, -0.1) is 0 Å². The first-order valence-electron chi connectivity index (χ1n) is 4.71. The summed E-state index contributed by atoms with van der Waals surface area (Å²) in [6.07, 6.45) is 0. The van der Waals surface area contributed by atoms with Crippen molar-refractivity contribution in [2.45, 2.75) is 13.8 Å². The Labute approximate surface area is 87.7 Å². The van der Waals surface area contributed by atoms with Crippen molar-refractivity contribution in [3.63, 3.8) is 0 Å². The molecule has 0 amide bonds. The number of carbonyl (C=O) groups is 1. The molecule has 0 radical (unpaired) electrons. The number of hydrogen-bond acceptors (Lipinski definition) is 3. The van der Waals surface area contributed by atoms with Gasteiger partial charge in [0.1, 0.15) is 0 Å². The van der Waals surface area contributed by atoms with Gasteiger partial charge in [-0.2, -0.15) is 0 Å². The lowest BCUT2D eigenvalue weighted by atomic mass is 10.2. The second-order valence-electron chi connectivity index (χ2n) is 3.36. The standard InChI is InChI=1S/C12H11NO2/c1-8-12(15-9(2)14)7-10-5-3-4-6-11(10)13-8/h3-7H,1-2H3. The maximum Gasteiger partial charge on any atom is 0.308 e. The molecule has 0 aliphatic carbocycles. The second kappa shape index (κ2) is 3.69. The van der Waals surface area contributed by atoms with Crippen LogP contribution in [0.2, 0.25) is 0 Å². The van der Waals surface area contributed by atoms with E-state index in [9.17, 15) is 4.79 Å². The summed E-state index contributed by atoms with van der Waals surface area (Å²) in [6.45, 7) is 3.21. The molecule has 2 rings (SSSR count). The Kier molecular flexibility index (Phi) is 2.37. The quantitative estimate of drug-likeness (QED) is 0.665. The van der Waals surface area contributed by atoms with Crippen LogP contribution in [0, 0.1) is 6.92 Å². The SMILES string of the molecule is CC(=O)Oc1cc2ccccc2nc1C. The second-order valence-corrected chi connectivity index (χ2v) is 3.36. The van der Waals surface area contributed by atoms with E-state index in [0.717, 1.165) is 16.6 Å². The van der Waals surface area contributed by atoms with E-state index in [-0.39, 0.29) is 5.97 Å². The summed E-state index contributed by atoms with van der Waals surface area (Å²) >= 11 is 0. The van der Waals surface area contributed by atoms with Crippen LogP contribution in [0.4, 0.5) is 0 Å². The summed E-state index contributed by atoms with van der Waals surface area (Å²) in [5, 5.41) is 0.972. The van der Waals surface area contributed by atoms with Crippen LogP contribution < -0.4 is 4.74 Å². The normalized spacial score (nSPS) is 10.3. The predicted molar refractivity (Wildman–Crippen MR) is 57.8 cm³/mol. The number of hydrogen-bond donors (Lipinski definition) is 0. The summed E-state index contributed by atoms with van der Waals surface area (Å²) in [6, 6.07) is 9.56. The number of aromatic nitrogens is 1. The maximum atomic E-state index is 10.9. The summed E-state index contributed by atoms with van der Waals surface area (Å²) in [5.41, 5.74) is 1.63. The minimum absolute atomic E-state index is 0.324. The van der Waals surface area contributed by atoms with Crippen molar-refractivity contribution in [2.24, 2.45) is 0 Å². The number of aryl methyl sites for hydroxylation is 1. The molecule has 15 heavy (non-hydrogen) atoms. The lowest BCUT2D eigenvalue weighted by molar-refractivity contribution is -0.131. The largest absolute Gasteiger partial charge is 0.425 e. The van der Waals surface area contributed by atoms with Gasteiger partial charge in [0, 0.05) is 12.3 Å². The first-order chi connectivity index (χ1) is 7.16. The molecule has 1 aromatic carbocycles. The number of rotatable bonds is 1. The van der Waals surface area contributed by atoms with Crippen LogP contribution in [0.3, 0.4) is 0 Å². The van der Waals surface area contributed by atoms with Crippen LogP contribution in [-0.4, -0.2) is 11.0 Å². The van der Waals surface area contributed by atoms with E-state index >= 15 is 0 Å². The van der Waals surface area contributed by atoms with Crippen molar-refractivity contribution in [3.05, 3.63) is 36.0 Å². The van der Waals surface area contributed by atoms with Gasteiger partial charge in [0.15, 0.2) is 5.75 Å². The van der Waals surface area contributed by atoms with Crippen molar-refractivity contribution < 1.29 is 9.53 Å². The van der Waals surface area contributed by atoms with Crippen LogP contribution in [0.25, 0.3) is 10.9 Å². The number of nitrogens with zero attached hydrogens (tertiary/aromatic N) is 1. The topological polar surface area (TPSA) is 39.2 Å². The molecule has 0 N–H and O–H groups in total. The zero-order valence-electron chi connectivity index (χ0n) is 8.65. The van der Waals surface area contributed by atoms with Crippen LogP contribution in [0.15, 0.2) is 30.3 Å². The van der Waals surface area contributed by atoms with Gasteiger partial charge in [0.05, 0.1) is 11.2 Å². The number of fused-ring (bicyclic) bond motifs is 1. The Hall–Kier alpha value is -1.90. The first-order valence-corrected chi connectivity index (χ1v) is 4.71. The molecule has 0 bridgehead atoms. The summed E-state index contributed by atoms with van der Waals surface area (Å²) in [4.78, 5) is 15.2. The molecule has 0 aliphatic rings. The number of pyridine rings is 1. The highest BCUT2D eigenvalue weighted by Crippen LogP contribution is 2.22. The Bertz CT molecular complexity index is 520. The van der Waals surface area contributed by atoms with Gasteiger partial charge in [-0.05, 0) is 19.1 Å². The van der Waals surface area contributed by atoms with E-state index in [4.69, 9.17) is 4.74 Å². The molecule has 3 heteroatoms. The minimum atomic E-state index is -0.324. The van der Waals surface area contributed by atoms with Crippen molar-refractivity contribution in [1.29, 1.82) is 0 Å². The molecule has 0 aliphatic heterocycles. The number of esters is 1. The van der Waals surface area contributed by atoms with E-state index < -0.39 is 0 Å². The molecule has 0 saturated carbocycles. The highest BCUT2D eigenvalue weighted by atomic mass is 16.5. The molecular formula is C12H11NO2. The van der Waals surface area contributed by atoms with Crippen LogP contribution in [0.1, 0.15) is 12.6 Å². The van der Waals surface area contributed by atoms with E-state index in [1.54, 1.807) is 0 Å². The molecule has 0 atom stereocenters. The average Bonchev–Trinajstić information content (AvgIpc) is 2.18. The van der Waals surface area contributed by atoms with Crippen LogP contribution >= 0.6 is 0 Å². The lowest BCUT2D eigenvalue weighted by Crippen LogP contribution is -2.03. The Morgan fingerprint density at radius 3 is 2.80 bits per heavy atom. The molecule has 3 nitrogen and oxygen atoms in total. The van der Waals surface area contributed by atoms with Crippen molar-refractivity contribution in [3.8, 4) is 5.75 Å². The fourth-order valence-corrected chi connectivity index (χ4v) is 1.45. The van der Waals surface area contributed by atoms with E-state index in [0.29, 0.717) is 5.75 Å². The van der Waals surface area contributed by atoms with Gasteiger partial charge < -0.3 is 4.74 Å². The first kappa shape index (κ1) is 9.65. The van der Waals surface area contributed by atoms with Gasteiger partial charge >= 0.3 is 5.97 Å². The van der Waals surface area contributed by atoms with Gasteiger partial charge in [0.25, 0.3) is 0 Å². The number of carbonyl (C=O) groups excluding carboxylic acids is 1. The molecule has 76 valence electrons. The van der Waals surface area contributed by atoms with E-state index in [1.165, 1.54) is 6.92 Å². The maximum absolute atomic E-state index is 10.9. The molecule has 1 aromatic heterocycles. The molecule has 2 aromatic rings. The summed E-state index contributed by atoms with van der Waals surface area (Å²) in [5.74, 6) is 0.205. The fraction of sp³-hybridized carbons (Fsp3) is 0.167. The fourth-order valence-electron chi connectivity index (χ4n) is 1.45. The molecule has 1 heterocycles. The molecule has 0 unspecified atom stereocenters. The van der Waals surface area contributed by atoms with Gasteiger partial charge in [-0.3, -0.25) is 4.79 Å². The summed E-state index contributed by atoms with van der Waals surface area (Å²) in [7, 11) is 0. The lowest BCUT2D eigenvalue weighted by Gasteiger charge is -2.06. The number of benzene rings is 1. The third kappa shape index (κ3) is 1.96. The molecule has 0 saturated heterocycles. The van der Waals surface area contributed by atoms with Gasteiger partial charge in [-0.1, -0.05) is 18.2 Å². The zero-order valence-corrected chi connectivity index (χ0v) is 8.65. The highest BCUT2D eigenvalue weighted by molar-refractivity contribution is 5.81. The van der Waals surface area contributed by atoms with Gasteiger partial charge in [-0.25, -0.2) is 4.98 Å². The Morgan fingerprint density at radius 2 is 2.07 bits per heavy atom. The van der Waals surface area contributed by atoms with Crippen LogP contribution in [0.5, 0.6) is 5.75 Å². The number of para-hydroxylation sites is 1. The number of ether oxygens (including phenoxy) is 1. The molecule has 0 fully saturated rings. The third-order valence-corrected chi connectivity index (χ3v) is 2.12. The Morgan fingerprint density at radius 1 is 1.33 bits per heavy atom. The third-order valence-electron chi connectivity index (χ3n) is 2.12. The van der Waals surface area contributed by atoms with Crippen molar-refractivity contribution >= 4 is 16.9 Å². The van der Waals surface area contributed by atoms with Crippen LogP contribution in [-0.2, 0) is 4.79 Å². The minimum Gasteiger partial charge on any atom is -0.425 e. The summed E-state index contributed by atoms with van der Waals surface area (Å²) < 4.78 is 5.05. The smallest absolute Gasteiger partial charge is 0.308 e. The molecule has 0 spiro atoms. The monoisotopic (exact) mass is 201 g/mol. The van der Waals surface area contributed by atoms with Crippen molar-refractivity contribution in [1.82, 2.24) is 4.98 Å². The highest BCUT2D eigenvalue weighted by Gasteiger charge is 2.05. The predicted octanol–water partition coefficient (Wildman–Crippen LogP) is 2.47. The van der Waals surface area contributed by atoms with Crippen molar-refractivity contribution in [2.75, 3.05) is 0 Å². The van der Waals surface area contributed by atoms with E-state index in [2.05, 4.69) is 4.98 Å². The van der Waals surface area contributed by atoms with E-state index in [1.807, 2.05) is 37.3 Å². The average molecular weight is 201 g/mol. The Balaban J connectivity index is 2.56.